The molecule has 0 bridgehead atoms. The zero-order valence-electron chi connectivity index (χ0n) is 6.13. The van der Waals surface area contributed by atoms with E-state index in [0.29, 0.717) is 5.92 Å². The van der Waals surface area contributed by atoms with Crippen LogP contribution in [0.4, 0.5) is 0 Å². The summed E-state index contributed by atoms with van der Waals surface area (Å²) in [5, 5.41) is 0.765. The topological polar surface area (TPSA) is 26.3 Å². The number of esters is 1. The minimum atomic E-state index is -0.0422. The van der Waals surface area contributed by atoms with Crippen molar-refractivity contribution in [3.63, 3.8) is 0 Å². The van der Waals surface area contributed by atoms with E-state index >= 15 is 0 Å². The first kappa shape index (κ1) is 8.05. The SMILES string of the molecule is CC(C)C1C(=O)OC1CBr. The third-order valence-corrected chi connectivity index (χ3v) is 2.45. The summed E-state index contributed by atoms with van der Waals surface area (Å²) >= 11 is 3.29. The van der Waals surface area contributed by atoms with Crippen LogP contribution in [-0.2, 0) is 9.53 Å². The smallest absolute Gasteiger partial charge is 0.313 e. The number of hydrogen-bond acceptors (Lipinski definition) is 2. The fourth-order valence-corrected chi connectivity index (χ4v) is 1.74. The molecular weight excluding hydrogens is 196 g/mol. The van der Waals surface area contributed by atoms with Gasteiger partial charge in [-0.25, -0.2) is 0 Å². The largest absolute Gasteiger partial charge is 0.460 e. The first-order valence-electron chi connectivity index (χ1n) is 3.43. The summed E-state index contributed by atoms with van der Waals surface area (Å²) in [4.78, 5) is 10.8. The number of cyclic esters (lactones) is 1. The Morgan fingerprint density at radius 3 is 2.50 bits per heavy atom. The van der Waals surface area contributed by atoms with E-state index in [-0.39, 0.29) is 18.0 Å². The molecule has 0 aromatic rings. The average molecular weight is 207 g/mol. The summed E-state index contributed by atoms with van der Waals surface area (Å²) in [6.45, 7) is 4.08. The molecule has 1 aliphatic rings. The third kappa shape index (κ3) is 1.19. The molecule has 1 saturated heterocycles. The molecule has 1 aliphatic heterocycles. The zero-order chi connectivity index (χ0) is 7.72. The number of alkyl halides is 1. The van der Waals surface area contributed by atoms with Gasteiger partial charge in [0.25, 0.3) is 0 Å². The molecule has 2 atom stereocenters. The summed E-state index contributed by atoms with van der Waals surface area (Å²) in [5.41, 5.74) is 0. The van der Waals surface area contributed by atoms with Crippen molar-refractivity contribution in [3.05, 3.63) is 0 Å². The van der Waals surface area contributed by atoms with Crippen LogP contribution < -0.4 is 0 Å². The fraction of sp³-hybridized carbons (Fsp3) is 0.857. The van der Waals surface area contributed by atoms with E-state index in [1.54, 1.807) is 0 Å². The molecule has 2 unspecified atom stereocenters. The van der Waals surface area contributed by atoms with E-state index in [2.05, 4.69) is 15.9 Å². The predicted octanol–water partition coefficient (Wildman–Crippen LogP) is 1.58. The second-order valence-corrected chi connectivity index (χ2v) is 3.55. The summed E-state index contributed by atoms with van der Waals surface area (Å²) in [7, 11) is 0. The second-order valence-electron chi connectivity index (χ2n) is 2.90. The van der Waals surface area contributed by atoms with Crippen LogP contribution in [0.3, 0.4) is 0 Å². The van der Waals surface area contributed by atoms with Gasteiger partial charge in [0.15, 0.2) is 0 Å². The molecule has 2 nitrogen and oxygen atoms in total. The summed E-state index contributed by atoms with van der Waals surface area (Å²) in [6.07, 6.45) is 0.118. The van der Waals surface area contributed by atoms with Crippen LogP contribution in [0.25, 0.3) is 0 Å². The monoisotopic (exact) mass is 206 g/mol. The Balaban J connectivity index is 2.48. The van der Waals surface area contributed by atoms with E-state index < -0.39 is 0 Å². The summed E-state index contributed by atoms with van der Waals surface area (Å²) < 4.78 is 4.88. The maximum atomic E-state index is 10.8. The highest BCUT2D eigenvalue weighted by Crippen LogP contribution is 2.30. The van der Waals surface area contributed by atoms with Gasteiger partial charge in [-0.15, -0.1) is 0 Å². The zero-order valence-corrected chi connectivity index (χ0v) is 7.72. The number of rotatable bonds is 2. The van der Waals surface area contributed by atoms with E-state index in [0.717, 1.165) is 5.33 Å². The minimum absolute atomic E-state index is 0.0422. The van der Waals surface area contributed by atoms with E-state index in [9.17, 15) is 4.79 Å². The van der Waals surface area contributed by atoms with Crippen LogP contribution in [0.5, 0.6) is 0 Å². The molecule has 1 heterocycles. The number of halogens is 1. The Morgan fingerprint density at radius 2 is 2.30 bits per heavy atom. The van der Waals surface area contributed by atoms with Crippen molar-refractivity contribution in [2.45, 2.75) is 20.0 Å². The van der Waals surface area contributed by atoms with Gasteiger partial charge >= 0.3 is 5.97 Å². The lowest BCUT2D eigenvalue weighted by atomic mass is 9.87. The normalized spacial score (nSPS) is 31.8. The van der Waals surface area contributed by atoms with Crippen LogP contribution >= 0.6 is 15.9 Å². The molecular formula is C7H11BrO2. The van der Waals surface area contributed by atoms with Gasteiger partial charge in [0.1, 0.15) is 6.10 Å². The molecule has 1 rings (SSSR count). The first-order valence-corrected chi connectivity index (χ1v) is 4.55. The predicted molar refractivity (Wildman–Crippen MR) is 42.0 cm³/mol. The molecule has 10 heavy (non-hydrogen) atoms. The van der Waals surface area contributed by atoms with E-state index in [1.807, 2.05) is 13.8 Å². The molecule has 0 aliphatic carbocycles. The molecule has 0 radical (unpaired) electrons. The van der Waals surface area contributed by atoms with Crippen molar-refractivity contribution >= 4 is 21.9 Å². The average Bonchev–Trinajstić information content (AvgIpc) is 1.80. The van der Waals surface area contributed by atoms with Crippen LogP contribution in [0, 0.1) is 11.8 Å². The molecule has 0 aromatic heterocycles. The van der Waals surface area contributed by atoms with Crippen molar-refractivity contribution in [2.24, 2.45) is 11.8 Å². The van der Waals surface area contributed by atoms with Crippen LogP contribution in [0.1, 0.15) is 13.8 Å². The molecule has 0 N–H and O–H groups in total. The molecule has 58 valence electrons. The van der Waals surface area contributed by atoms with Gasteiger partial charge in [0.2, 0.25) is 0 Å². The number of ether oxygens (including phenoxy) is 1. The lowest BCUT2D eigenvalue weighted by Gasteiger charge is -2.36. The minimum Gasteiger partial charge on any atom is -0.460 e. The maximum absolute atomic E-state index is 10.8. The maximum Gasteiger partial charge on any atom is 0.313 e. The highest BCUT2D eigenvalue weighted by molar-refractivity contribution is 9.09. The van der Waals surface area contributed by atoms with Crippen molar-refractivity contribution in [1.29, 1.82) is 0 Å². The molecule has 0 saturated carbocycles. The Kier molecular flexibility index (Phi) is 2.34. The van der Waals surface area contributed by atoms with Crippen molar-refractivity contribution < 1.29 is 9.53 Å². The van der Waals surface area contributed by atoms with Crippen molar-refractivity contribution in [2.75, 3.05) is 5.33 Å². The van der Waals surface area contributed by atoms with Crippen molar-refractivity contribution in [3.8, 4) is 0 Å². The number of carbonyl (C=O) groups excluding carboxylic acids is 1. The van der Waals surface area contributed by atoms with E-state index in [4.69, 9.17) is 4.74 Å². The van der Waals surface area contributed by atoms with Crippen molar-refractivity contribution in [1.82, 2.24) is 0 Å². The molecule has 1 fully saturated rings. The standard InChI is InChI=1S/C7H11BrO2/c1-4(2)6-5(3-8)10-7(6)9/h4-6H,3H2,1-2H3. The molecule has 0 aromatic carbocycles. The highest BCUT2D eigenvalue weighted by atomic mass is 79.9. The molecule has 0 amide bonds. The van der Waals surface area contributed by atoms with Gasteiger partial charge in [-0.3, -0.25) is 4.79 Å². The summed E-state index contributed by atoms with van der Waals surface area (Å²) in [6, 6.07) is 0. The lowest BCUT2D eigenvalue weighted by Crippen LogP contribution is -2.48. The van der Waals surface area contributed by atoms with Crippen LogP contribution in [0.2, 0.25) is 0 Å². The van der Waals surface area contributed by atoms with Crippen LogP contribution in [0.15, 0.2) is 0 Å². The summed E-state index contributed by atoms with van der Waals surface area (Å²) in [5.74, 6) is 0.489. The Bertz CT molecular complexity index is 145. The number of hydrogen-bond donors (Lipinski definition) is 0. The molecule has 3 heteroatoms. The van der Waals surface area contributed by atoms with Gasteiger partial charge in [-0.1, -0.05) is 29.8 Å². The third-order valence-electron chi connectivity index (χ3n) is 1.81. The fourth-order valence-electron chi connectivity index (χ4n) is 1.21. The number of carbonyl (C=O) groups is 1. The van der Waals surface area contributed by atoms with Gasteiger partial charge in [-0.05, 0) is 5.92 Å². The second kappa shape index (κ2) is 2.91. The van der Waals surface area contributed by atoms with E-state index in [1.165, 1.54) is 0 Å². The Hall–Kier alpha value is -0.0500. The lowest BCUT2D eigenvalue weighted by molar-refractivity contribution is -0.185. The Labute approximate surface area is 69.1 Å². The Morgan fingerprint density at radius 1 is 1.70 bits per heavy atom. The first-order chi connectivity index (χ1) is 4.66. The van der Waals surface area contributed by atoms with Gasteiger partial charge in [0.05, 0.1) is 5.92 Å². The highest BCUT2D eigenvalue weighted by Gasteiger charge is 2.43. The van der Waals surface area contributed by atoms with Crippen LogP contribution in [-0.4, -0.2) is 17.4 Å². The molecule has 0 spiro atoms. The van der Waals surface area contributed by atoms with Gasteiger partial charge < -0.3 is 4.74 Å². The van der Waals surface area contributed by atoms with Gasteiger partial charge in [0, 0.05) is 5.33 Å². The quantitative estimate of drug-likeness (QED) is 0.507. The van der Waals surface area contributed by atoms with Gasteiger partial charge in [-0.2, -0.15) is 0 Å².